The number of amides is 1. The van der Waals surface area contributed by atoms with E-state index in [2.05, 4.69) is 41.0 Å². The molecule has 0 unspecified atom stereocenters. The van der Waals surface area contributed by atoms with Crippen LogP contribution in [0.3, 0.4) is 0 Å². The molecule has 3 aromatic rings. The summed E-state index contributed by atoms with van der Waals surface area (Å²) in [7, 11) is 0. The number of piperazine rings is 1. The van der Waals surface area contributed by atoms with Crippen molar-refractivity contribution < 1.29 is 4.79 Å². The third-order valence-corrected chi connectivity index (χ3v) is 8.53. The number of pyridine rings is 1. The van der Waals surface area contributed by atoms with Crippen LogP contribution < -0.4 is 15.4 Å². The summed E-state index contributed by atoms with van der Waals surface area (Å²) < 4.78 is 2.14. The van der Waals surface area contributed by atoms with Crippen molar-refractivity contribution in [2.75, 3.05) is 42.5 Å². The minimum atomic E-state index is -0.174. The maximum Gasteiger partial charge on any atom is 0.267 e. The van der Waals surface area contributed by atoms with Gasteiger partial charge in [0.15, 0.2) is 0 Å². The molecule has 2 aromatic heterocycles. The van der Waals surface area contributed by atoms with E-state index in [1.165, 1.54) is 17.4 Å². The fourth-order valence-electron chi connectivity index (χ4n) is 5.00. The predicted molar refractivity (Wildman–Crippen MR) is 161 cm³/mol. The Kier molecular flexibility index (Phi) is 8.14. The fourth-order valence-corrected chi connectivity index (χ4v) is 6.29. The third-order valence-electron chi connectivity index (χ3n) is 7.15. The molecule has 198 valence electrons. The summed E-state index contributed by atoms with van der Waals surface area (Å²) in [6, 6.07) is 14.2. The number of fused-ring (bicyclic) bond motifs is 1. The number of thiocarbonyl (C=S) groups is 1. The number of thioether (sulfide) groups is 1. The van der Waals surface area contributed by atoms with Crippen LogP contribution in [0, 0.1) is 6.92 Å². The van der Waals surface area contributed by atoms with Gasteiger partial charge in [0.05, 0.1) is 10.5 Å². The highest BCUT2D eigenvalue weighted by atomic mass is 32.2. The molecule has 7 nitrogen and oxygen atoms in total. The van der Waals surface area contributed by atoms with Crippen molar-refractivity contribution in [2.45, 2.75) is 39.5 Å². The Hall–Kier alpha value is -3.17. The largest absolute Gasteiger partial charge is 0.368 e. The molecule has 0 radical (unpaired) electrons. The van der Waals surface area contributed by atoms with Crippen molar-refractivity contribution in [3.05, 3.63) is 75.0 Å². The van der Waals surface area contributed by atoms with Crippen LogP contribution in [0.2, 0.25) is 0 Å². The molecule has 2 fully saturated rings. The highest BCUT2D eigenvalue weighted by molar-refractivity contribution is 8.26. The molecule has 38 heavy (non-hydrogen) atoms. The summed E-state index contributed by atoms with van der Waals surface area (Å²) in [5.41, 5.74) is 3.02. The van der Waals surface area contributed by atoms with Crippen molar-refractivity contribution >= 4 is 57.4 Å². The minimum Gasteiger partial charge on any atom is -0.368 e. The van der Waals surface area contributed by atoms with Gasteiger partial charge in [-0.25, -0.2) is 4.98 Å². The number of benzene rings is 1. The Labute approximate surface area is 233 Å². The van der Waals surface area contributed by atoms with E-state index in [4.69, 9.17) is 17.2 Å². The van der Waals surface area contributed by atoms with Gasteiger partial charge in [-0.15, -0.1) is 0 Å². The second kappa shape index (κ2) is 11.7. The number of carbonyl (C=O) groups is 1. The van der Waals surface area contributed by atoms with Gasteiger partial charge >= 0.3 is 0 Å². The lowest BCUT2D eigenvalue weighted by Crippen LogP contribution is -2.47. The topological polar surface area (TPSA) is 61.2 Å². The summed E-state index contributed by atoms with van der Waals surface area (Å²) >= 11 is 6.82. The number of anilines is 2. The summed E-state index contributed by atoms with van der Waals surface area (Å²) in [4.78, 5) is 38.8. The standard InChI is InChI=1S/C29H33N5O2S2/c1-3-4-5-9-14-34-28(36)24(38-29(34)37)20-23-26(30-25-21(2)11-10-15-33(25)27(23)35)32-18-16-31(17-19-32)22-12-7-6-8-13-22/h6-8,10-13,15,20H,3-5,9,14,16-19H2,1-2H3. The molecule has 0 atom stereocenters. The summed E-state index contributed by atoms with van der Waals surface area (Å²) in [6.45, 7) is 7.83. The van der Waals surface area contributed by atoms with Crippen molar-refractivity contribution in [3.8, 4) is 0 Å². The van der Waals surface area contributed by atoms with E-state index in [0.717, 1.165) is 57.4 Å². The van der Waals surface area contributed by atoms with E-state index in [1.807, 2.05) is 25.1 Å². The number of para-hydroxylation sites is 1. The average Bonchev–Trinajstić information content (AvgIpc) is 3.20. The normalized spacial score (nSPS) is 17.3. The van der Waals surface area contributed by atoms with E-state index in [1.54, 1.807) is 21.6 Å². The van der Waals surface area contributed by atoms with Crippen LogP contribution in [0.25, 0.3) is 11.7 Å². The number of nitrogens with zero attached hydrogens (tertiary/aromatic N) is 5. The number of aromatic nitrogens is 2. The van der Waals surface area contributed by atoms with Gasteiger partial charge in [-0.1, -0.05) is 74.4 Å². The molecule has 0 spiro atoms. The molecule has 1 amide bonds. The summed E-state index contributed by atoms with van der Waals surface area (Å²) in [6.07, 6.45) is 7.73. The lowest BCUT2D eigenvalue weighted by Gasteiger charge is -2.37. The molecule has 2 aliphatic rings. The minimum absolute atomic E-state index is 0.120. The highest BCUT2D eigenvalue weighted by Gasteiger charge is 2.33. The van der Waals surface area contributed by atoms with Crippen molar-refractivity contribution in [1.29, 1.82) is 0 Å². The Morgan fingerprint density at radius 3 is 2.45 bits per heavy atom. The number of unbranched alkanes of at least 4 members (excludes halogenated alkanes) is 3. The van der Waals surface area contributed by atoms with Crippen LogP contribution >= 0.6 is 24.0 Å². The second-order valence-corrected chi connectivity index (χ2v) is 11.4. The SMILES string of the molecule is CCCCCCN1C(=O)C(=Cc2c(N3CCN(c4ccccc4)CC3)nc3c(C)cccn3c2=O)SC1=S. The van der Waals surface area contributed by atoms with Gasteiger partial charge in [-0.05, 0) is 43.2 Å². The van der Waals surface area contributed by atoms with Crippen LogP contribution in [0.15, 0.2) is 58.4 Å². The molecule has 1 aromatic carbocycles. The predicted octanol–water partition coefficient (Wildman–Crippen LogP) is 5.11. The van der Waals surface area contributed by atoms with Crippen molar-refractivity contribution in [1.82, 2.24) is 14.3 Å². The van der Waals surface area contributed by atoms with Gasteiger partial charge in [0.2, 0.25) is 0 Å². The molecular formula is C29H33N5O2S2. The fraction of sp³-hybridized carbons (Fsp3) is 0.379. The summed E-state index contributed by atoms with van der Waals surface area (Å²) in [5, 5.41) is 0. The average molecular weight is 548 g/mol. The van der Waals surface area contributed by atoms with Crippen LogP contribution in [-0.4, -0.2) is 57.2 Å². The van der Waals surface area contributed by atoms with Crippen molar-refractivity contribution in [3.63, 3.8) is 0 Å². The molecule has 5 rings (SSSR count). The molecular weight excluding hydrogens is 514 g/mol. The van der Waals surface area contributed by atoms with E-state index in [-0.39, 0.29) is 11.5 Å². The third kappa shape index (κ3) is 5.35. The van der Waals surface area contributed by atoms with Gasteiger partial charge < -0.3 is 9.80 Å². The van der Waals surface area contributed by atoms with Crippen molar-refractivity contribution in [2.24, 2.45) is 0 Å². The Morgan fingerprint density at radius 2 is 1.71 bits per heavy atom. The van der Waals surface area contributed by atoms with Crippen LogP contribution in [0.4, 0.5) is 11.5 Å². The quantitative estimate of drug-likeness (QED) is 0.221. The number of aryl methyl sites for hydroxylation is 1. The zero-order valence-electron chi connectivity index (χ0n) is 21.9. The van der Waals surface area contributed by atoms with E-state index < -0.39 is 0 Å². The van der Waals surface area contributed by atoms with E-state index in [0.29, 0.717) is 32.8 Å². The van der Waals surface area contributed by atoms with Crippen LogP contribution in [0.5, 0.6) is 0 Å². The van der Waals surface area contributed by atoms with Gasteiger partial charge in [0.1, 0.15) is 15.8 Å². The second-order valence-electron chi connectivity index (χ2n) is 9.74. The molecule has 2 aliphatic heterocycles. The van der Waals surface area contributed by atoms with Gasteiger partial charge in [-0.3, -0.25) is 18.9 Å². The lowest BCUT2D eigenvalue weighted by atomic mass is 10.2. The van der Waals surface area contributed by atoms with Crippen LogP contribution in [-0.2, 0) is 4.79 Å². The monoisotopic (exact) mass is 547 g/mol. The Bertz CT molecular complexity index is 1430. The Morgan fingerprint density at radius 1 is 0.974 bits per heavy atom. The Balaban J connectivity index is 1.48. The molecule has 0 bridgehead atoms. The molecule has 9 heteroatoms. The number of hydrogen-bond acceptors (Lipinski definition) is 7. The van der Waals surface area contributed by atoms with Crippen LogP contribution in [0.1, 0.15) is 43.7 Å². The lowest BCUT2D eigenvalue weighted by molar-refractivity contribution is -0.122. The van der Waals surface area contributed by atoms with E-state index in [9.17, 15) is 9.59 Å². The first kappa shape index (κ1) is 26.4. The highest BCUT2D eigenvalue weighted by Crippen LogP contribution is 2.34. The zero-order chi connectivity index (χ0) is 26.6. The van der Waals surface area contributed by atoms with Gasteiger partial charge in [0.25, 0.3) is 11.5 Å². The molecule has 0 N–H and O–H groups in total. The van der Waals surface area contributed by atoms with E-state index >= 15 is 0 Å². The first-order valence-electron chi connectivity index (χ1n) is 13.3. The molecule has 0 saturated carbocycles. The molecule has 4 heterocycles. The maximum atomic E-state index is 13.8. The number of rotatable bonds is 8. The summed E-state index contributed by atoms with van der Waals surface area (Å²) in [5.74, 6) is 0.510. The molecule has 2 saturated heterocycles. The number of hydrogen-bond donors (Lipinski definition) is 0. The molecule has 0 aliphatic carbocycles. The first-order valence-corrected chi connectivity index (χ1v) is 14.5. The first-order chi connectivity index (χ1) is 18.5. The zero-order valence-corrected chi connectivity index (χ0v) is 23.6. The maximum absolute atomic E-state index is 13.8. The number of carbonyl (C=O) groups excluding carboxylic acids is 1. The van der Waals surface area contributed by atoms with Gasteiger partial charge in [0, 0.05) is 44.6 Å². The van der Waals surface area contributed by atoms with Gasteiger partial charge in [-0.2, -0.15) is 0 Å². The smallest absolute Gasteiger partial charge is 0.267 e.